The molecule has 1 aromatic carbocycles. The van der Waals surface area contributed by atoms with Crippen LogP contribution >= 0.6 is 24.0 Å². The number of nitrogens with one attached hydrogen (secondary N) is 1. The first kappa shape index (κ1) is 14.3. The monoisotopic (exact) mass is 290 g/mol. The van der Waals surface area contributed by atoms with Crippen LogP contribution in [0.3, 0.4) is 0 Å². The van der Waals surface area contributed by atoms with Crippen molar-refractivity contribution in [1.29, 1.82) is 0 Å². The van der Waals surface area contributed by atoms with Crippen molar-refractivity contribution < 1.29 is 0 Å². The predicted octanol–water partition coefficient (Wildman–Crippen LogP) is 4.70. The maximum Gasteiger partial charge on any atom is 0.130 e. The van der Waals surface area contributed by atoms with Crippen molar-refractivity contribution in [2.24, 2.45) is 5.92 Å². The molecule has 1 aromatic heterocycles. The maximum atomic E-state index is 5.25. The van der Waals surface area contributed by atoms with Gasteiger partial charge in [0.05, 0.1) is 5.75 Å². The lowest BCUT2D eigenvalue weighted by Gasteiger charge is -2.07. The van der Waals surface area contributed by atoms with Crippen LogP contribution in [0.4, 0.5) is 0 Å². The summed E-state index contributed by atoms with van der Waals surface area (Å²) < 4.78 is 0.651. The molecule has 2 rings (SSSR count). The van der Waals surface area contributed by atoms with Gasteiger partial charge in [-0.1, -0.05) is 56.4 Å². The molecule has 0 aliphatic rings. The van der Waals surface area contributed by atoms with E-state index in [0.29, 0.717) is 10.6 Å². The van der Waals surface area contributed by atoms with E-state index in [1.807, 2.05) is 36.0 Å². The minimum absolute atomic E-state index is 0.651. The lowest BCUT2D eigenvalue weighted by molar-refractivity contribution is 0.749. The van der Waals surface area contributed by atoms with E-state index in [0.717, 1.165) is 28.6 Å². The van der Waals surface area contributed by atoms with Crippen LogP contribution < -0.4 is 0 Å². The normalized spacial score (nSPS) is 10.9. The fraction of sp³-hybridized carbons (Fsp3) is 0.333. The van der Waals surface area contributed by atoms with Gasteiger partial charge in [-0.3, -0.25) is 0 Å². The first-order valence-electron chi connectivity index (χ1n) is 6.38. The van der Waals surface area contributed by atoms with Gasteiger partial charge >= 0.3 is 0 Å². The molecule has 100 valence electrons. The summed E-state index contributed by atoms with van der Waals surface area (Å²) in [5.41, 5.74) is 2.19. The van der Waals surface area contributed by atoms with Crippen molar-refractivity contribution in [3.05, 3.63) is 46.9 Å². The van der Waals surface area contributed by atoms with Crippen LogP contribution in [0.1, 0.15) is 19.7 Å². The van der Waals surface area contributed by atoms with Crippen LogP contribution in [0.25, 0.3) is 11.3 Å². The van der Waals surface area contributed by atoms with E-state index in [1.54, 1.807) is 0 Å². The molecular weight excluding hydrogens is 272 g/mol. The van der Waals surface area contributed by atoms with Crippen molar-refractivity contribution >= 4 is 24.0 Å². The first-order valence-corrected chi connectivity index (χ1v) is 7.95. The summed E-state index contributed by atoms with van der Waals surface area (Å²) in [6.07, 6.45) is 0. The number of thioether (sulfide) groups is 1. The standard InChI is InChI=1S/C15H18N2S2/c1-11(2)9-19-10-14-16-13(8-15(18)17-14)12-6-4-3-5-7-12/h3-8,11H,9-10H2,1-2H3,(H,16,17,18). The molecule has 2 nitrogen and oxygen atoms in total. The minimum atomic E-state index is 0.651. The SMILES string of the molecule is CC(C)CSCc1nc(=S)cc(-c2ccccc2)[nH]1. The van der Waals surface area contributed by atoms with Gasteiger partial charge < -0.3 is 4.98 Å². The maximum absolute atomic E-state index is 5.25. The van der Waals surface area contributed by atoms with Crippen molar-refractivity contribution in [1.82, 2.24) is 9.97 Å². The topological polar surface area (TPSA) is 28.7 Å². The van der Waals surface area contributed by atoms with Gasteiger partial charge in [0.15, 0.2) is 0 Å². The number of aromatic nitrogens is 2. The second-order valence-corrected chi connectivity index (χ2v) is 6.30. The van der Waals surface area contributed by atoms with Gasteiger partial charge in [0.25, 0.3) is 0 Å². The molecule has 1 N–H and O–H groups in total. The Morgan fingerprint density at radius 2 is 2.00 bits per heavy atom. The molecule has 0 saturated carbocycles. The number of hydrogen-bond donors (Lipinski definition) is 1. The second kappa shape index (κ2) is 6.87. The van der Waals surface area contributed by atoms with Crippen LogP contribution in [0, 0.1) is 10.6 Å². The molecule has 2 aromatic rings. The molecule has 0 radical (unpaired) electrons. The van der Waals surface area contributed by atoms with Crippen LogP contribution in [0.5, 0.6) is 0 Å². The summed E-state index contributed by atoms with van der Waals surface area (Å²) >= 11 is 7.14. The van der Waals surface area contributed by atoms with E-state index in [4.69, 9.17) is 12.2 Å². The summed E-state index contributed by atoms with van der Waals surface area (Å²) in [5.74, 6) is 3.67. The molecule has 0 unspecified atom stereocenters. The fourth-order valence-electron chi connectivity index (χ4n) is 1.74. The average molecular weight is 290 g/mol. The van der Waals surface area contributed by atoms with Crippen molar-refractivity contribution in [3.63, 3.8) is 0 Å². The van der Waals surface area contributed by atoms with Gasteiger partial charge in [-0.15, -0.1) is 0 Å². The summed E-state index contributed by atoms with van der Waals surface area (Å²) in [5, 5.41) is 0. The minimum Gasteiger partial charge on any atom is -0.342 e. The summed E-state index contributed by atoms with van der Waals surface area (Å²) in [7, 11) is 0. The molecule has 0 fully saturated rings. The smallest absolute Gasteiger partial charge is 0.130 e. The van der Waals surface area contributed by atoms with E-state index < -0.39 is 0 Å². The van der Waals surface area contributed by atoms with E-state index in [-0.39, 0.29) is 0 Å². The van der Waals surface area contributed by atoms with Gasteiger partial charge in [0.1, 0.15) is 10.5 Å². The molecule has 0 aliphatic heterocycles. The zero-order chi connectivity index (χ0) is 13.7. The first-order chi connectivity index (χ1) is 9.15. The van der Waals surface area contributed by atoms with Crippen LogP contribution in [-0.2, 0) is 5.75 Å². The van der Waals surface area contributed by atoms with Crippen LogP contribution in [0.15, 0.2) is 36.4 Å². The third kappa shape index (κ3) is 4.48. The van der Waals surface area contributed by atoms with Gasteiger partial charge in [-0.25, -0.2) is 4.98 Å². The van der Waals surface area contributed by atoms with Crippen molar-refractivity contribution in [2.45, 2.75) is 19.6 Å². The number of aromatic amines is 1. The molecular formula is C15H18N2S2. The van der Waals surface area contributed by atoms with Gasteiger partial charge in [-0.05, 0) is 23.3 Å². The third-order valence-corrected chi connectivity index (χ3v) is 4.16. The van der Waals surface area contributed by atoms with Gasteiger partial charge in [-0.2, -0.15) is 11.8 Å². The molecule has 4 heteroatoms. The summed E-state index contributed by atoms with van der Waals surface area (Å²) in [4.78, 5) is 7.77. The third-order valence-electron chi connectivity index (χ3n) is 2.57. The van der Waals surface area contributed by atoms with E-state index in [1.165, 1.54) is 0 Å². The molecule has 0 bridgehead atoms. The fourth-order valence-corrected chi connectivity index (χ4v) is 2.89. The Balaban J connectivity index is 2.18. The number of hydrogen-bond acceptors (Lipinski definition) is 3. The highest BCUT2D eigenvalue weighted by Gasteiger charge is 2.03. The largest absolute Gasteiger partial charge is 0.342 e. The van der Waals surface area contributed by atoms with E-state index >= 15 is 0 Å². The Morgan fingerprint density at radius 3 is 2.68 bits per heavy atom. The second-order valence-electron chi connectivity index (χ2n) is 4.85. The molecule has 0 aliphatic carbocycles. The number of rotatable bonds is 5. The van der Waals surface area contributed by atoms with Gasteiger partial charge in [0, 0.05) is 5.69 Å². The molecule has 1 heterocycles. The number of H-pyrrole nitrogens is 1. The Bertz CT molecular complexity index is 576. The Labute approximate surface area is 123 Å². The Morgan fingerprint density at radius 1 is 1.26 bits per heavy atom. The average Bonchev–Trinajstić information content (AvgIpc) is 2.39. The molecule has 0 atom stereocenters. The number of nitrogens with zero attached hydrogens (tertiary/aromatic N) is 1. The lowest BCUT2D eigenvalue weighted by Crippen LogP contribution is -1.98. The zero-order valence-electron chi connectivity index (χ0n) is 11.2. The Kier molecular flexibility index (Phi) is 5.16. The molecule has 0 amide bonds. The highest BCUT2D eigenvalue weighted by molar-refractivity contribution is 7.98. The Hall–Kier alpha value is -1.13. The van der Waals surface area contributed by atoms with Crippen LogP contribution in [0.2, 0.25) is 0 Å². The van der Waals surface area contributed by atoms with Crippen LogP contribution in [-0.4, -0.2) is 15.7 Å². The highest BCUT2D eigenvalue weighted by Crippen LogP contribution is 2.18. The van der Waals surface area contributed by atoms with Gasteiger partial charge in [0.2, 0.25) is 0 Å². The van der Waals surface area contributed by atoms with E-state index in [2.05, 4.69) is 35.9 Å². The molecule has 19 heavy (non-hydrogen) atoms. The van der Waals surface area contributed by atoms with E-state index in [9.17, 15) is 0 Å². The predicted molar refractivity (Wildman–Crippen MR) is 85.9 cm³/mol. The molecule has 0 saturated heterocycles. The summed E-state index contributed by atoms with van der Waals surface area (Å²) in [6.45, 7) is 4.45. The lowest BCUT2D eigenvalue weighted by atomic mass is 10.1. The molecule has 0 spiro atoms. The number of benzene rings is 1. The zero-order valence-corrected chi connectivity index (χ0v) is 12.9. The summed E-state index contributed by atoms with van der Waals surface area (Å²) in [6, 6.07) is 12.1. The highest BCUT2D eigenvalue weighted by atomic mass is 32.2. The quantitative estimate of drug-likeness (QED) is 0.809. The van der Waals surface area contributed by atoms with Crippen molar-refractivity contribution in [2.75, 3.05) is 5.75 Å². The van der Waals surface area contributed by atoms with Crippen molar-refractivity contribution in [3.8, 4) is 11.3 Å².